The quantitative estimate of drug-likeness (QED) is 0.0320. The summed E-state index contributed by atoms with van der Waals surface area (Å²) in [5.41, 5.74) is 0. The van der Waals surface area contributed by atoms with Crippen LogP contribution in [0.3, 0.4) is 0 Å². The highest BCUT2D eigenvalue weighted by Crippen LogP contribution is 2.19. The molecule has 0 spiro atoms. The minimum Gasteiger partial charge on any atom is -0.466 e. The van der Waals surface area contributed by atoms with E-state index >= 15 is 0 Å². The van der Waals surface area contributed by atoms with Crippen LogP contribution in [0.15, 0.2) is 24.3 Å². The molecule has 0 saturated heterocycles. The lowest BCUT2D eigenvalue weighted by Gasteiger charge is -2.22. The molecule has 83 heavy (non-hydrogen) atoms. The van der Waals surface area contributed by atoms with Crippen molar-refractivity contribution in [2.75, 3.05) is 13.2 Å². The fraction of sp³-hybridized carbons (Fsp3) is 0.922. The maximum atomic E-state index is 12.5. The second-order valence-electron chi connectivity index (χ2n) is 26.3. The Labute approximate surface area is 520 Å². The van der Waals surface area contributed by atoms with Crippen molar-refractivity contribution in [3.63, 3.8) is 0 Å². The molecule has 0 aliphatic carbocycles. The molecule has 0 radical (unpaired) electrons. The van der Waals surface area contributed by atoms with Gasteiger partial charge in [0.1, 0.15) is 0 Å². The Morgan fingerprint density at radius 3 is 0.855 bits per heavy atom. The van der Waals surface area contributed by atoms with Crippen LogP contribution < -0.4 is 5.32 Å². The molecule has 0 bridgehead atoms. The third kappa shape index (κ3) is 69.3. The second kappa shape index (κ2) is 72.8. The molecule has 6 heteroatoms. The first kappa shape index (κ1) is 81.3. The minimum atomic E-state index is -0.662. The van der Waals surface area contributed by atoms with E-state index < -0.39 is 12.1 Å². The third-order valence-corrected chi connectivity index (χ3v) is 18.0. The predicted octanol–water partition coefficient (Wildman–Crippen LogP) is 24.9. The summed E-state index contributed by atoms with van der Waals surface area (Å²) in [5, 5.41) is 23.4. The first-order valence-corrected chi connectivity index (χ1v) is 38.1. The van der Waals surface area contributed by atoms with Crippen molar-refractivity contribution in [3.8, 4) is 0 Å². The van der Waals surface area contributed by atoms with E-state index in [1.807, 2.05) is 0 Å². The Morgan fingerprint density at radius 2 is 0.566 bits per heavy atom. The summed E-state index contributed by atoms with van der Waals surface area (Å²) in [5.74, 6) is -0.0157. The molecular weight excluding hydrogens is 1020 g/mol. The van der Waals surface area contributed by atoms with Gasteiger partial charge in [0.15, 0.2) is 0 Å². The molecule has 492 valence electrons. The van der Waals surface area contributed by atoms with Crippen LogP contribution in [0.1, 0.15) is 431 Å². The fourth-order valence-corrected chi connectivity index (χ4v) is 12.2. The fourth-order valence-electron chi connectivity index (χ4n) is 12.2. The van der Waals surface area contributed by atoms with Crippen molar-refractivity contribution >= 4 is 11.9 Å². The summed E-state index contributed by atoms with van der Waals surface area (Å²) in [6.07, 6.45) is 92.6. The average Bonchev–Trinajstić information content (AvgIpc) is 3.49. The van der Waals surface area contributed by atoms with Crippen LogP contribution in [-0.4, -0.2) is 47.4 Å². The van der Waals surface area contributed by atoms with Crippen molar-refractivity contribution in [1.29, 1.82) is 0 Å². The Morgan fingerprint density at radius 1 is 0.325 bits per heavy atom. The standard InChI is InChI=1S/C77H149NO5/c1-3-5-7-9-11-13-15-17-19-38-41-45-49-53-57-61-65-69-75(80)74(73-79)78-76(81)70-66-62-58-54-50-46-42-39-36-34-32-30-28-26-24-22-21-23-25-27-29-31-33-35-37-40-44-48-52-56-60-64-68-72-83-77(82)71-67-63-59-55-51-47-43-20-18-16-14-12-10-8-6-4-2/h20,25,27,43,74-75,79-80H,3-19,21-24,26,28-42,44-73H2,1-2H3,(H,78,81)/b27-25-,43-20-. The van der Waals surface area contributed by atoms with E-state index in [0.29, 0.717) is 25.9 Å². The Balaban J connectivity index is 3.34. The van der Waals surface area contributed by atoms with Gasteiger partial charge in [-0.05, 0) is 77.0 Å². The monoisotopic (exact) mass is 1170 g/mol. The number of carbonyl (C=O) groups is 2. The Kier molecular flexibility index (Phi) is 71.4. The van der Waals surface area contributed by atoms with Gasteiger partial charge < -0.3 is 20.3 Å². The second-order valence-corrected chi connectivity index (χ2v) is 26.3. The number of hydrogen-bond donors (Lipinski definition) is 3. The molecule has 2 unspecified atom stereocenters. The highest BCUT2D eigenvalue weighted by Gasteiger charge is 2.20. The molecular formula is C77H149NO5. The molecule has 6 nitrogen and oxygen atoms in total. The summed E-state index contributed by atoms with van der Waals surface area (Å²) in [4.78, 5) is 24.6. The molecule has 3 N–H and O–H groups in total. The number of ether oxygens (including phenoxy) is 1. The molecule has 0 aromatic carbocycles. The lowest BCUT2D eigenvalue weighted by atomic mass is 10.0. The van der Waals surface area contributed by atoms with Gasteiger partial charge in [-0.2, -0.15) is 0 Å². The number of rotatable bonds is 72. The van der Waals surface area contributed by atoms with Gasteiger partial charge in [-0.3, -0.25) is 9.59 Å². The van der Waals surface area contributed by atoms with Crippen molar-refractivity contribution in [2.24, 2.45) is 0 Å². The molecule has 0 fully saturated rings. The Hall–Kier alpha value is -1.66. The summed E-state index contributed by atoms with van der Waals surface area (Å²) in [6.45, 7) is 4.99. The first-order chi connectivity index (χ1) is 41.0. The SMILES string of the molecule is CCCCCCCCC/C=C\CCCCCCCC(=O)OCCCCCCCCCCCCCC/C=C\CCCCCCCCCCCCCCCCCCCC(=O)NC(CO)C(O)CCCCCCCCCCCCCCCCCCC. The number of aliphatic hydroxyl groups excluding tert-OH is 2. The summed E-state index contributed by atoms with van der Waals surface area (Å²) >= 11 is 0. The normalized spacial score (nSPS) is 12.6. The minimum absolute atomic E-state index is 0.0122. The zero-order valence-electron chi connectivity index (χ0n) is 56.5. The van der Waals surface area contributed by atoms with E-state index in [1.165, 1.54) is 353 Å². The highest BCUT2D eigenvalue weighted by atomic mass is 16.5. The van der Waals surface area contributed by atoms with Crippen molar-refractivity contribution in [1.82, 2.24) is 5.32 Å². The molecule has 0 aliphatic rings. The van der Waals surface area contributed by atoms with Gasteiger partial charge in [-0.25, -0.2) is 0 Å². The molecule has 0 saturated carbocycles. The number of allylic oxidation sites excluding steroid dienone is 4. The third-order valence-electron chi connectivity index (χ3n) is 18.0. The summed E-state index contributed by atoms with van der Waals surface area (Å²) in [7, 11) is 0. The van der Waals surface area contributed by atoms with E-state index in [0.717, 1.165) is 44.9 Å². The number of hydrogen-bond acceptors (Lipinski definition) is 5. The van der Waals surface area contributed by atoms with Crippen molar-refractivity contribution < 1.29 is 24.5 Å². The molecule has 0 aliphatic heterocycles. The number of nitrogens with one attached hydrogen (secondary N) is 1. The van der Waals surface area contributed by atoms with Gasteiger partial charge in [0, 0.05) is 12.8 Å². The lowest BCUT2D eigenvalue weighted by molar-refractivity contribution is -0.143. The number of unbranched alkanes of at least 4 members (excludes halogenated alkanes) is 57. The van der Waals surface area contributed by atoms with Crippen LogP contribution in [0, 0.1) is 0 Å². The zero-order chi connectivity index (χ0) is 59.9. The van der Waals surface area contributed by atoms with Crippen LogP contribution in [0.4, 0.5) is 0 Å². The maximum absolute atomic E-state index is 12.5. The number of amides is 1. The van der Waals surface area contributed by atoms with Gasteiger partial charge in [0.25, 0.3) is 0 Å². The van der Waals surface area contributed by atoms with Crippen LogP contribution in [-0.2, 0) is 14.3 Å². The predicted molar refractivity (Wildman–Crippen MR) is 366 cm³/mol. The van der Waals surface area contributed by atoms with Crippen LogP contribution in [0.2, 0.25) is 0 Å². The largest absolute Gasteiger partial charge is 0.466 e. The molecule has 0 rings (SSSR count). The van der Waals surface area contributed by atoms with Gasteiger partial charge in [-0.1, -0.05) is 366 Å². The first-order valence-electron chi connectivity index (χ1n) is 38.1. The van der Waals surface area contributed by atoms with E-state index in [-0.39, 0.29) is 18.5 Å². The molecule has 0 aromatic heterocycles. The van der Waals surface area contributed by atoms with Crippen molar-refractivity contribution in [3.05, 3.63) is 24.3 Å². The topological polar surface area (TPSA) is 95.9 Å². The lowest BCUT2D eigenvalue weighted by Crippen LogP contribution is -2.45. The van der Waals surface area contributed by atoms with Crippen LogP contribution in [0.25, 0.3) is 0 Å². The molecule has 1 amide bonds. The molecule has 2 atom stereocenters. The zero-order valence-corrected chi connectivity index (χ0v) is 56.5. The Bertz CT molecular complexity index is 1300. The van der Waals surface area contributed by atoms with E-state index in [9.17, 15) is 19.8 Å². The van der Waals surface area contributed by atoms with Gasteiger partial charge in [-0.15, -0.1) is 0 Å². The number of esters is 1. The smallest absolute Gasteiger partial charge is 0.305 e. The van der Waals surface area contributed by atoms with Gasteiger partial charge in [0.05, 0.1) is 25.4 Å². The molecule has 0 aromatic rings. The van der Waals surface area contributed by atoms with Crippen molar-refractivity contribution in [2.45, 2.75) is 443 Å². The maximum Gasteiger partial charge on any atom is 0.305 e. The average molecular weight is 1170 g/mol. The van der Waals surface area contributed by atoms with E-state index in [4.69, 9.17) is 4.74 Å². The van der Waals surface area contributed by atoms with Crippen LogP contribution >= 0.6 is 0 Å². The highest BCUT2D eigenvalue weighted by molar-refractivity contribution is 5.76. The van der Waals surface area contributed by atoms with Crippen LogP contribution in [0.5, 0.6) is 0 Å². The molecule has 0 heterocycles. The summed E-state index contributed by atoms with van der Waals surface area (Å²) < 4.78 is 5.50. The van der Waals surface area contributed by atoms with Gasteiger partial charge in [0.2, 0.25) is 5.91 Å². The van der Waals surface area contributed by atoms with E-state index in [2.05, 4.69) is 43.5 Å². The van der Waals surface area contributed by atoms with E-state index in [1.54, 1.807) is 0 Å². The summed E-state index contributed by atoms with van der Waals surface area (Å²) in [6, 6.07) is -0.539. The number of aliphatic hydroxyl groups is 2. The number of carbonyl (C=O) groups excluding carboxylic acids is 2. The van der Waals surface area contributed by atoms with Gasteiger partial charge >= 0.3 is 5.97 Å².